The minimum atomic E-state index is -0.577. The first kappa shape index (κ1) is 20.3. The SMILES string of the molecule is CCC1C(C(C)=O)=CCC[C@@H](C)N1CCCC(=O)ON1C(=O)CCC1=O. The van der Waals surface area contributed by atoms with Crippen LogP contribution in [-0.2, 0) is 24.0 Å². The standard InChI is InChI=1S/C19H28N2O5/c1-4-16-15(14(3)22)8-5-7-13(2)20(16)12-6-9-19(25)26-21-17(23)10-11-18(21)24/h8,13,16H,4-7,9-12H2,1-3H3/t13-,16?/m1/s1. The Balaban J connectivity index is 1.90. The first-order valence-electron chi connectivity index (χ1n) is 9.38. The maximum absolute atomic E-state index is 12.0. The van der Waals surface area contributed by atoms with Crippen LogP contribution in [0.5, 0.6) is 0 Å². The summed E-state index contributed by atoms with van der Waals surface area (Å²) in [6.45, 7) is 6.45. The van der Waals surface area contributed by atoms with Crippen LogP contribution >= 0.6 is 0 Å². The van der Waals surface area contributed by atoms with E-state index in [2.05, 4.69) is 18.7 Å². The van der Waals surface area contributed by atoms with Crippen molar-refractivity contribution in [2.75, 3.05) is 6.54 Å². The molecule has 2 heterocycles. The smallest absolute Gasteiger partial charge is 0.330 e. The monoisotopic (exact) mass is 364 g/mol. The number of imide groups is 1. The zero-order valence-electron chi connectivity index (χ0n) is 15.8. The minimum absolute atomic E-state index is 0.0581. The molecule has 0 bridgehead atoms. The van der Waals surface area contributed by atoms with Gasteiger partial charge in [0, 0.05) is 36.9 Å². The maximum Gasteiger partial charge on any atom is 0.333 e. The summed E-state index contributed by atoms with van der Waals surface area (Å²) in [6.07, 6.45) is 5.57. The second-order valence-corrected chi connectivity index (χ2v) is 6.95. The highest BCUT2D eigenvalue weighted by Gasteiger charge is 2.33. The van der Waals surface area contributed by atoms with Crippen LogP contribution in [0.2, 0.25) is 0 Å². The van der Waals surface area contributed by atoms with Crippen molar-refractivity contribution in [1.82, 2.24) is 9.96 Å². The van der Waals surface area contributed by atoms with Crippen molar-refractivity contribution < 1.29 is 24.0 Å². The zero-order chi connectivity index (χ0) is 19.3. The van der Waals surface area contributed by atoms with E-state index in [0.717, 1.165) is 24.8 Å². The number of ketones is 1. The largest absolute Gasteiger partial charge is 0.333 e. The Morgan fingerprint density at radius 2 is 1.88 bits per heavy atom. The Morgan fingerprint density at radius 3 is 2.46 bits per heavy atom. The van der Waals surface area contributed by atoms with Crippen LogP contribution in [0.25, 0.3) is 0 Å². The van der Waals surface area contributed by atoms with E-state index in [1.165, 1.54) is 0 Å². The predicted molar refractivity (Wildman–Crippen MR) is 94.7 cm³/mol. The molecule has 2 aliphatic heterocycles. The topological polar surface area (TPSA) is 84.0 Å². The Bertz CT molecular complexity index is 597. The molecule has 2 amide bonds. The van der Waals surface area contributed by atoms with Crippen molar-refractivity contribution in [3.05, 3.63) is 11.6 Å². The molecule has 2 atom stereocenters. The summed E-state index contributed by atoms with van der Waals surface area (Å²) in [6, 6.07) is 0.369. The summed E-state index contributed by atoms with van der Waals surface area (Å²) in [4.78, 5) is 54.1. The van der Waals surface area contributed by atoms with E-state index in [-0.39, 0.29) is 31.1 Å². The molecule has 0 spiro atoms. The van der Waals surface area contributed by atoms with Crippen molar-refractivity contribution in [3.63, 3.8) is 0 Å². The van der Waals surface area contributed by atoms with Crippen molar-refractivity contribution in [2.45, 2.75) is 77.8 Å². The third-order valence-corrected chi connectivity index (χ3v) is 5.06. The lowest BCUT2D eigenvalue weighted by molar-refractivity contribution is -0.197. The molecule has 144 valence electrons. The van der Waals surface area contributed by atoms with Gasteiger partial charge in [0.1, 0.15) is 0 Å². The van der Waals surface area contributed by atoms with E-state index in [1.807, 2.05) is 6.08 Å². The summed E-state index contributed by atoms with van der Waals surface area (Å²) < 4.78 is 0. The second kappa shape index (κ2) is 9.07. The molecule has 0 aromatic heterocycles. The van der Waals surface area contributed by atoms with E-state index in [9.17, 15) is 19.2 Å². The molecule has 0 aliphatic carbocycles. The Kier molecular flexibility index (Phi) is 7.08. The summed E-state index contributed by atoms with van der Waals surface area (Å²) in [5, 5.41) is 0.586. The van der Waals surface area contributed by atoms with Gasteiger partial charge < -0.3 is 4.84 Å². The molecule has 1 fully saturated rings. The fourth-order valence-corrected chi connectivity index (χ4v) is 3.69. The number of allylic oxidation sites excluding steroid dienone is 1. The highest BCUT2D eigenvalue weighted by Crippen LogP contribution is 2.26. The van der Waals surface area contributed by atoms with Gasteiger partial charge in [-0.15, -0.1) is 5.06 Å². The summed E-state index contributed by atoms with van der Waals surface area (Å²) >= 11 is 0. The normalized spacial score (nSPS) is 24.4. The number of amides is 2. The van der Waals surface area contributed by atoms with Gasteiger partial charge in [0.2, 0.25) is 0 Å². The molecule has 0 saturated carbocycles. The van der Waals surface area contributed by atoms with Gasteiger partial charge in [-0.25, -0.2) is 4.79 Å². The molecule has 1 saturated heterocycles. The molecule has 0 radical (unpaired) electrons. The van der Waals surface area contributed by atoms with Gasteiger partial charge in [0.25, 0.3) is 11.8 Å². The second-order valence-electron chi connectivity index (χ2n) is 6.95. The molecule has 2 rings (SSSR count). The van der Waals surface area contributed by atoms with Gasteiger partial charge in [-0.1, -0.05) is 13.0 Å². The molecule has 0 aromatic carbocycles. The van der Waals surface area contributed by atoms with Gasteiger partial charge >= 0.3 is 5.97 Å². The maximum atomic E-state index is 12.0. The number of rotatable bonds is 7. The first-order chi connectivity index (χ1) is 12.3. The quantitative estimate of drug-likeness (QED) is 0.644. The molecular formula is C19H28N2O5. The lowest BCUT2D eigenvalue weighted by Gasteiger charge is -2.35. The summed E-state index contributed by atoms with van der Waals surface area (Å²) in [5.41, 5.74) is 0.854. The predicted octanol–water partition coefficient (Wildman–Crippen LogP) is 2.15. The van der Waals surface area contributed by atoms with E-state index < -0.39 is 17.8 Å². The number of nitrogens with zero attached hydrogens (tertiary/aromatic N) is 2. The van der Waals surface area contributed by atoms with Crippen LogP contribution in [0.3, 0.4) is 0 Å². The Hall–Kier alpha value is -2.02. The zero-order valence-corrected chi connectivity index (χ0v) is 15.8. The third-order valence-electron chi connectivity index (χ3n) is 5.06. The fraction of sp³-hybridized carbons (Fsp3) is 0.684. The lowest BCUT2D eigenvalue weighted by atomic mass is 9.98. The van der Waals surface area contributed by atoms with Crippen LogP contribution in [0.1, 0.15) is 65.7 Å². The van der Waals surface area contributed by atoms with E-state index in [1.54, 1.807) is 6.92 Å². The minimum Gasteiger partial charge on any atom is -0.330 e. The van der Waals surface area contributed by atoms with Gasteiger partial charge in [0.15, 0.2) is 5.78 Å². The van der Waals surface area contributed by atoms with Crippen LogP contribution in [0.4, 0.5) is 0 Å². The molecule has 26 heavy (non-hydrogen) atoms. The van der Waals surface area contributed by atoms with Gasteiger partial charge in [-0.2, -0.15) is 0 Å². The lowest BCUT2D eigenvalue weighted by Crippen LogP contribution is -2.43. The van der Waals surface area contributed by atoms with Crippen molar-refractivity contribution in [1.29, 1.82) is 0 Å². The van der Waals surface area contributed by atoms with Crippen molar-refractivity contribution in [3.8, 4) is 0 Å². The van der Waals surface area contributed by atoms with Crippen LogP contribution in [-0.4, -0.2) is 52.2 Å². The summed E-state index contributed by atoms with van der Waals surface area (Å²) in [7, 11) is 0. The van der Waals surface area contributed by atoms with E-state index >= 15 is 0 Å². The number of carbonyl (C=O) groups is 4. The number of Topliss-reactive ketones (excluding diaryl/α,β-unsaturated/α-hetero) is 1. The van der Waals surface area contributed by atoms with Gasteiger partial charge in [0.05, 0.1) is 0 Å². The van der Waals surface area contributed by atoms with Crippen LogP contribution in [0, 0.1) is 0 Å². The highest BCUT2D eigenvalue weighted by molar-refractivity contribution is 6.01. The number of carbonyl (C=O) groups excluding carboxylic acids is 4. The van der Waals surface area contributed by atoms with Crippen LogP contribution in [0.15, 0.2) is 11.6 Å². The molecule has 0 N–H and O–H groups in total. The molecule has 0 aromatic rings. The molecular weight excluding hydrogens is 336 g/mol. The number of hydroxylamine groups is 2. The molecule has 7 heteroatoms. The van der Waals surface area contributed by atoms with Crippen LogP contribution < -0.4 is 0 Å². The van der Waals surface area contributed by atoms with Crippen molar-refractivity contribution in [2.24, 2.45) is 0 Å². The Labute approximate surface area is 154 Å². The third kappa shape index (κ3) is 4.78. The number of hydrogen-bond acceptors (Lipinski definition) is 6. The number of hydrogen-bond donors (Lipinski definition) is 0. The average molecular weight is 364 g/mol. The summed E-state index contributed by atoms with van der Waals surface area (Å²) in [5.74, 6) is -1.41. The fourth-order valence-electron chi connectivity index (χ4n) is 3.69. The van der Waals surface area contributed by atoms with E-state index in [4.69, 9.17) is 4.84 Å². The Morgan fingerprint density at radius 1 is 1.23 bits per heavy atom. The molecule has 7 nitrogen and oxygen atoms in total. The molecule has 1 unspecified atom stereocenters. The van der Waals surface area contributed by atoms with Crippen molar-refractivity contribution >= 4 is 23.6 Å². The van der Waals surface area contributed by atoms with E-state index in [0.29, 0.717) is 24.1 Å². The van der Waals surface area contributed by atoms with Gasteiger partial charge in [-0.3, -0.25) is 19.3 Å². The van der Waals surface area contributed by atoms with Gasteiger partial charge in [-0.05, 0) is 46.1 Å². The average Bonchev–Trinajstić information content (AvgIpc) is 2.81. The molecule has 2 aliphatic rings. The first-order valence-corrected chi connectivity index (χ1v) is 9.38. The highest BCUT2D eigenvalue weighted by atomic mass is 16.7.